The van der Waals surface area contributed by atoms with Crippen molar-refractivity contribution in [3.05, 3.63) is 0 Å². The maximum absolute atomic E-state index is 9.19. The Labute approximate surface area is 67.2 Å². The third-order valence-corrected chi connectivity index (χ3v) is 3.79. The summed E-state index contributed by atoms with van der Waals surface area (Å²) in [4.78, 5) is 0. The fourth-order valence-corrected chi connectivity index (χ4v) is 2.96. The van der Waals surface area contributed by atoms with Crippen molar-refractivity contribution in [2.75, 3.05) is 0 Å². The molecule has 0 aromatic carbocycles. The summed E-state index contributed by atoms with van der Waals surface area (Å²) < 4.78 is 0. The monoisotopic (exact) mass is 156 g/mol. The van der Waals surface area contributed by atoms with Crippen molar-refractivity contribution >= 4 is 0 Å². The summed E-state index contributed by atoms with van der Waals surface area (Å²) in [5, 5.41) is 18.4. The molecule has 0 saturated heterocycles. The first kappa shape index (κ1) is 7.56. The van der Waals surface area contributed by atoms with Gasteiger partial charge in [0.1, 0.15) is 0 Å². The summed E-state index contributed by atoms with van der Waals surface area (Å²) in [6.07, 6.45) is 3.67. The van der Waals surface area contributed by atoms with Crippen molar-refractivity contribution in [2.45, 2.75) is 38.9 Å². The lowest BCUT2D eigenvalue weighted by Crippen LogP contribution is -2.36. The van der Waals surface area contributed by atoms with Crippen LogP contribution in [0.1, 0.15) is 32.6 Å². The van der Waals surface area contributed by atoms with Gasteiger partial charge in [-0.1, -0.05) is 13.3 Å². The number of rotatable bonds is 1. The van der Waals surface area contributed by atoms with Crippen LogP contribution in [0.15, 0.2) is 0 Å². The van der Waals surface area contributed by atoms with Gasteiger partial charge in [-0.05, 0) is 31.1 Å². The highest BCUT2D eigenvalue weighted by Crippen LogP contribution is 2.56. The third-order valence-electron chi connectivity index (χ3n) is 3.79. The van der Waals surface area contributed by atoms with Crippen molar-refractivity contribution in [3.63, 3.8) is 0 Å². The zero-order valence-corrected chi connectivity index (χ0v) is 6.95. The highest BCUT2D eigenvalue weighted by molar-refractivity contribution is 4.98. The number of hydrogen-bond donors (Lipinski definition) is 2. The summed E-state index contributed by atoms with van der Waals surface area (Å²) in [5.41, 5.74) is -0.178. The minimum atomic E-state index is -1.10. The van der Waals surface area contributed by atoms with Gasteiger partial charge in [-0.15, -0.1) is 0 Å². The molecule has 2 nitrogen and oxygen atoms in total. The zero-order valence-electron chi connectivity index (χ0n) is 6.95. The number of aliphatic hydroxyl groups is 2. The second-order valence-electron chi connectivity index (χ2n) is 4.46. The van der Waals surface area contributed by atoms with E-state index in [0.717, 1.165) is 12.3 Å². The molecule has 11 heavy (non-hydrogen) atoms. The molecule has 0 aromatic heterocycles. The zero-order chi connectivity index (χ0) is 8.06. The van der Waals surface area contributed by atoms with E-state index in [1.165, 1.54) is 19.3 Å². The molecule has 2 rings (SSSR count). The lowest BCUT2D eigenvalue weighted by atomic mass is 9.74. The van der Waals surface area contributed by atoms with Crippen LogP contribution in [0.25, 0.3) is 0 Å². The van der Waals surface area contributed by atoms with Crippen molar-refractivity contribution in [1.29, 1.82) is 0 Å². The first-order valence-electron chi connectivity index (χ1n) is 4.49. The average molecular weight is 156 g/mol. The highest BCUT2D eigenvalue weighted by Gasteiger charge is 2.51. The molecule has 2 fully saturated rings. The topological polar surface area (TPSA) is 40.5 Å². The van der Waals surface area contributed by atoms with E-state index in [2.05, 4.69) is 0 Å². The average Bonchev–Trinajstić information content (AvgIpc) is 2.45. The maximum atomic E-state index is 9.19. The molecule has 2 bridgehead atoms. The van der Waals surface area contributed by atoms with Crippen LogP contribution in [0.3, 0.4) is 0 Å². The van der Waals surface area contributed by atoms with Crippen LogP contribution in [0.2, 0.25) is 0 Å². The molecule has 0 spiro atoms. The molecule has 2 aliphatic rings. The van der Waals surface area contributed by atoms with Crippen molar-refractivity contribution < 1.29 is 10.2 Å². The summed E-state index contributed by atoms with van der Waals surface area (Å²) >= 11 is 0. The van der Waals surface area contributed by atoms with Crippen LogP contribution < -0.4 is 0 Å². The Morgan fingerprint density at radius 1 is 1.36 bits per heavy atom. The fraction of sp³-hybridized carbons (Fsp3) is 1.00. The number of hydrogen-bond acceptors (Lipinski definition) is 2. The summed E-state index contributed by atoms with van der Waals surface area (Å²) in [6, 6.07) is 0. The van der Waals surface area contributed by atoms with E-state index in [0.29, 0.717) is 5.92 Å². The van der Waals surface area contributed by atoms with Crippen LogP contribution in [0.5, 0.6) is 0 Å². The van der Waals surface area contributed by atoms with Crippen LogP contribution >= 0.6 is 0 Å². The van der Waals surface area contributed by atoms with Gasteiger partial charge in [0.05, 0.1) is 0 Å². The van der Waals surface area contributed by atoms with Gasteiger partial charge in [-0.25, -0.2) is 0 Å². The Kier molecular flexibility index (Phi) is 1.52. The van der Waals surface area contributed by atoms with Crippen LogP contribution in [0, 0.1) is 17.3 Å². The van der Waals surface area contributed by atoms with Gasteiger partial charge in [-0.2, -0.15) is 0 Å². The first-order chi connectivity index (χ1) is 5.13. The summed E-state index contributed by atoms with van der Waals surface area (Å²) in [6.45, 7) is 2.02. The van der Waals surface area contributed by atoms with E-state index in [9.17, 15) is 10.2 Å². The molecule has 0 aromatic rings. The Morgan fingerprint density at radius 2 is 2.09 bits per heavy atom. The SMILES string of the molecule is CC1(C(O)O)CC2CCC1C2. The molecule has 0 amide bonds. The van der Waals surface area contributed by atoms with Crippen molar-refractivity contribution in [1.82, 2.24) is 0 Å². The Balaban J connectivity index is 2.16. The van der Waals surface area contributed by atoms with Crippen LogP contribution in [-0.2, 0) is 0 Å². The lowest BCUT2D eigenvalue weighted by Gasteiger charge is -2.35. The van der Waals surface area contributed by atoms with Crippen molar-refractivity contribution in [3.8, 4) is 0 Å². The standard InChI is InChI=1S/C9H16O2/c1-9(8(10)11)5-6-2-3-7(9)4-6/h6-8,10-11H,2-5H2,1H3. The van der Waals surface area contributed by atoms with E-state index in [1.807, 2.05) is 6.92 Å². The van der Waals surface area contributed by atoms with Gasteiger partial charge in [0.25, 0.3) is 0 Å². The molecule has 3 unspecified atom stereocenters. The molecular weight excluding hydrogens is 140 g/mol. The normalized spacial score (nSPS) is 49.1. The Bertz CT molecular complexity index is 167. The lowest BCUT2D eigenvalue weighted by molar-refractivity contribution is -0.148. The maximum Gasteiger partial charge on any atom is 0.157 e. The number of fused-ring (bicyclic) bond motifs is 2. The molecule has 64 valence electrons. The van der Waals surface area contributed by atoms with E-state index < -0.39 is 6.29 Å². The molecule has 2 heteroatoms. The third kappa shape index (κ3) is 0.926. The molecule has 3 atom stereocenters. The Morgan fingerprint density at radius 3 is 2.36 bits per heavy atom. The quantitative estimate of drug-likeness (QED) is 0.558. The molecule has 2 N–H and O–H groups in total. The second kappa shape index (κ2) is 2.20. The molecule has 2 saturated carbocycles. The number of aliphatic hydroxyl groups excluding tert-OH is 1. The van der Waals surface area contributed by atoms with E-state index >= 15 is 0 Å². The minimum absolute atomic E-state index is 0.178. The fourth-order valence-electron chi connectivity index (χ4n) is 2.96. The largest absolute Gasteiger partial charge is 0.368 e. The molecule has 0 heterocycles. The second-order valence-corrected chi connectivity index (χ2v) is 4.46. The highest BCUT2D eigenvalue weighted by atomic mass is 16.5. The summed E-state index contributed by atoms with van der Waals surface area (Å²) in [7, 11) is 0. The Hall–Kier alpha value is -0.0800. The van der Waals surface area contributed by atoms with E-state index in [4.69, 9.17) is 0 Å². The predicted octanol–water partition coefficient (Wildman–Crippen LogP) is 1.12. The molecular formula is C9H16O2. The van der Waals surface area contributed by atoms with Gasteiger partial charge in [0.15, 0.2) is 6.29 Å². The van der Waals surface area contributed by atoms with Gasteiger partial charge in [-0.3, -0.25) is 0 Å². The molecule has 0 radical (unpaired) electrons. The van der Waals surface area contributed by atoms with Crippen LogP contribution in [0.4, 0.5) is 0 Å². The van der Waals surface area contributed by atoms with Crippen molar-refractivity contribution in [2.24, 2.45) is 17.3 Å². The van der Waals surface area contributed by atoms with Gasteiger partial charge in [0.2, 0.25) is 0 Å². The summed E-state index contributed by atoms with van der Waals surface area (Å²) in [5.74, 6) is 1.36. The van der Waals surface area contributed by atoms with E-state index in [1.54, 1.807) is 0 Å². The van der Waals surface area contributed by atoms with Gasteiger partial charge >= 0.3 is 0 Å². The molecule has 2 aliphatic carbocycles. The minimum Gasteiger partial charge on any atom is -0.368 e. The van der Waals surface area contributed by atoms with E-state index in [-0.39, 0.29) is 5.41 Å². The van der Waals surface area contributed by atoms with Gasteiger partial charge < -0.3 is 10.2 Å². The van der Waals surface area contributed by atoms with Gasteiger partial charge in [0, 0.05) is 5.41 Å². The smallest absolute Gasteiger partial charge is 0.157 e. The first-order valence-corrected chi connectivity index (χ1v) is 4.49. The molecule has 0 aliphatic heterocycles. The predicted molar refractivity (Wildman–Crippen MR) is 41.8 cm³/mol. The van der Waals surface area contributed by atoms with Crippen LogP contribution in [-0.4, -0.2) is 16.5 Å².